The van der Waals surface area contributed by atoms with Crippen molar-refractivity contribution >= 4 is 11.7 Å². The maximum Gasteiger partial charge on any atom is 0.322 e. The zero-order valence-electron chi connectivity index (χ0n) is 14.1. The Hall–Kier alpha value is -2.44. The second-order valence-corrected chi connectivity index (χ2v) is 6.70. The highest BCUT2D eigenvalue weighted by molar-refractivity contribution is 5.89. The van der Waals surface area contributed by atoms with Crippen molar-refractivity contribution in [2.75, 3.05) is 11.9 Å². The molecule has 1 unspecified atom stereocenters. The SMILES string of the molecule is O=C(Nc1ccccc1F)N1CCCC1c1nnc2n1CCCCC2. The van der Waals surface area contributed by atoms with E-state index in [4.69, 9.17) is 0 Å². The number of aromatic nitrogens is 3. The van der Waals surface area contributed by atoms with Crippen LogP contribution in [0.1, 0.15) is 49.8 Å². The molecule has 0 bridgehead atoms. The fraction of sp³-hybridized carbons (Fsp3) is 0.500. The first-order chi connectivity index (χ1) is 12.2. The van der Waals surface area contributed by atoms with Gasteiger partial charge in [-0.3, -0.25) is 0 Å². The predicted octanol–water partition coefficient (Wildman–Crippen LogP) is 3.51. The largest absolute Gasteiger partial charge is 0.322 e. The van der Waals surface area contributed by atoms with E-state index in [1.165, 1.54) is 12.5 Å². The summed E-state index contributed by atoms with van der Waals surface area (Å²) >= 11 is 0. The highest BCUT2D eigenvalue weighted by Crippen LogP contribution is 2.33. The van der Waals surface area contributed by atoms with Gasteiger partial charge >= 0.3 is 6.03 Å². The molecule has 1 saturated heterocycles. The van der Waals surface area contributed by atoms with Crippen molar-refractivity contribution in [3.8, 4) is 0 Å². The molecule has 25 heavy (non-hydrogen) atoms. The van der Waals surface area contributed by atoms with E-state index in [-0.39, 0.29) is 17.8 Å². The van der Waals surface area contributed by atoms with E-state index in [9.17, 15) is 9.18 Å². The molecule has 0 spiro atoms. The third-order valence-corrected chi connectivity index (χ3v) is 5.07. The number of carbonyl (C=O) groups is 1. The Bertz CT molecular complexity index is 775. The first kappa shape index (κ1) is 16.1. The summed E-state index contributed by atoms with van der Waals surface area (Å²) < 4.78 is 16.0. The topological polar surface area (TPSA) is 63.1 Å². The third-order valence-electron chi connectivity index (χ3n) is 5.07. The molecule has 3 heterocycles. The summed E-state index contributed by atoms with van der Waals surface area (Å²) in [4.78, 5) is 14.5. The summed E-state index contributed by atoms with van der Waals surface area (Å²) in [5.74, 6) is 1.47. The minimum Gasteiger partial charge on any atom is -0.314 e. The number of benzene rings is 1. The van der Waals surface area contributed by atoms with Gasteiger partial charge in [-0.25, -0.2) is 9.18 Å². The molecule has 1 atom stereocenters. The van der Waals surface area contributed by atoms with Gasteiger partial charge in [-0.15, -0.1) is 10.2 Å². The molecule has 132 valence electrons. The van der Waals surface area contributed by atoms with Crippen LogP contribution in [0.2, 0.25) is 0 Å². The number of amides is 2. The van der Waals surface area contributed by atoms with Crippen molar-refractivity contribution in [3.05, 3.63) is 41.7 Å². The number of anilines is 1. The minimum absolute atomic E-state index is 0.0916. The van der Waals surface area contributed by atoms with Crippen molar-refractivity contribution in [1.29, 1.82) is 0 Å². The van der Waals surface area contributed by atoms with Crippen LogP contribution in [-0.2, 0) is 13.0 Å². The molecule has 6 nitrogen and oxygen atoms in total. The Morgan fingerprint density at radius 1 is 1.12 bits per heavy atom. The monoisotopic (exact) mass is 343 g/mol. The van der Waals surface area contributed by atoms with Gasteiger partial charge < -0.3 is 14.8 Å². The molecule has 2 aromatic rings. The van der Waals surface area contributed by atoms with Crippen molar-refractivity contribution in [2.24, 2.45) is 0 Å². The number of likely N-dealkylation sites (tertiary alicyclic amines) is 1. The van der Waals surface area contributed by atoms with Crippen LogP contribution in [0.3, 0.4) is 0 Å². The van der Waals surface area contributed by atoms with Gasteiger partial charge in [0.05, 0.1) is 11.7 Å². The average molecular weight is 343 g/mol. The van der Waals surface area contributed by atoms with Crippen LogP contribution >= 0.6 is 0 Å². The summed E-state index contributed by atoms with van der Waals surface area (Å²) in [7, 11) is 0. The van der Waals surface area contributed by atoms with Crippen LogP contribution in [-0.4, -0.2) is 32.2 Å². The van der Waals surface area contributed by atoms with E-state index >= 15 is 0 Å². The molecule has 2 aliphatic heterocycles. The number of fused-ring (bicyclic) bond motifs is 1. The zero-order valence-corrected chi connectivity index (χ0v) is 14.1. The molecule has 0 saturated carbocycles. The van der Waals surface area contributed by atoms with Crippen LogP contribution in [0.25, 0.3) is 0 Å². The average Bonchev–Trinajstić information content (AvgIpc) is 3.18. The highest BCUT2D eigenvalue weighted by atomic mass is 19.1. The molecular weight excluding hydrogens is 321 g/mol. The lowest BCUT2D eigenvalue weighted by Gasteiger charge is -2.25. The number of rotatable bonds is 2. The van der Waals surface area contributed by atoms with Gasteiger partial charge in [0.25, 0.3) is 0 Å². The molecule has 2 amide bonds. The highest BCUT2D eigenvalue weighted by Gasteiger charge is 2.34. The van der Waals surface area contributed by atoms with Gasteiger partial charge in [-0.2, -0.15) is 0 Å². The Balaban J connectivity index is 1.56. The Morgan fingerprint density at radius 2 is 2.00 bits per heavy atom. The minimum atomic E-state index is -0.428. The zero-order chi connectivity index (χ0) is 17.2. The van der Waals surface area contributed by atoms with Crippen LogP contribution in [0.4, 0.5) is 14.9 Å². The Morgan fingerprint density at radius 3 is 2.88 bits per heavy atom. The van der Waals surface area contributed by atoms with E-state index in [1.807, 2.05) is 0 Å². The summed E-state index contributed by atoms with van der Waals surface area (Å²) in [6, 6.07) is 5.86. The molecular formula is C18H22FN5O. The normalized spacial score (nSPS) is 20.2. The quantitative estimate of drug-likeness (QED) is 0.907. The summed E-state index contributed by atoms with van der Waals surface area (Å²) in [6.45, 7) is 1.56. The number of para-hydroxylation sites is 1. The number of carbonyl (C=O) groups excluding carboxylic acids is 1. The third kappa shape index (κ3) is 3.10. The maximum atomic E-state index is 13.8. The molecule has 7 heteroatoms. The van der Waals surface area contributed by atoms with Crippen LogP contribution in [0.5, 0.6) is 0 Å². The molecule has 1 aromatic heterocycles. The number of hydrogen-bond donors (Lipinski definition) is 1. The number of nitrogens with zero attached hydrogens (tertiary/aromatic N) is 4. The van der Waals surface area contributed by atoms with Crippen LogP contribution < -0.4 is 5.32 Å². The molecule has 1 aromatic carbocycles. The fourth-order valence-corrected chi connectivity index (χ4v) is 3.78. The molecule has 2 aliphatic rings. The summed E-state index contributed by atoms with van der Waals surface area (Å²) in [5.41, 5.74) is 0.207. The molecule has 4 rings (SSSR count). The van der Waals surface area contributed by atoms with Crippen molar-refractivity contribution in [2.45, 2.75) is 51.1 Å². The van der Waals surface area contributed by atoms with Gasteiger partial charge in [0, 0.05) is 19.5 Å². The first-order valence-corrected chi connectivity index (χ1v) is 8.98. The maximum absolute atomic E-state index is 13.8. The van der Waals surface area contributed by atoms with E-state index in [0.29, 0.717) is 6.54 Å². The number of halogens is 1. The first-order valence-electron chi connectivity index (χ1n) is 8.98. The number of aryl methyl sites for hydroxylation is 1. The van der Waals surface area contributed by atoms with E-state index in [2.05, 4.69) is 20.1 Å². The molecule has 1 N–H and O–H groups in total. The molecule has 0 aliphatic carbocycles. The second-order valence-electron chi connectivity index (χ2n) is 6.70. The lowest BCUT2D eigenvalue weighted by Crippen LogP contribution is -2.35. The van der Waals surface area contributed by atoms with E-state index in [1.54, 1.807) is 23.1 Å². The standard InChI is InChI=1S/C18H22FN5O/c19-13-7-3-4-8-14(13)20-18(25)23-12-6-9-15(23)17-22-21-16-10-2-1-5-11-24(16)17/h3-4,7-8,15H,1-2,5-6,9-12H2,(H,20,25). The number of hydrogen-bond acceptors (Lipinski definition) is 3. The molecule has 1 fully saturated rings. The Kier molecular flexibility index (Phi) is 4.38. The van der Waals surface area contributed by atoms with Crippen LogP contribution in [0, 0.1) is 5.82 Å². The Labute approximate surface area is 146 Å². The van der Waals surface area contributed by atoms with E-state index < -0.39 is 5.82 Å². The van der Waals surface area contributed by atoms with Gasteiger partial charge in [0.15, 0.2) is 5.82 Å². The van der Waals surface area contributed by atoms with Crippen molar-refractivity contribution < 1.29 is 9.18 Å². The smallest absolute Gasteiger partial charge is 0.314 e. The lowest BCUT2D eigenvalue weighted by molar-refractivity contribution is 0.203. The number of nitrogens with one attached hydrogen (secondary N) is 1. The van der Waals surface area contributed by atoms with Crippen molar-refractivity contribution in [1.82, 2.24) is 19.7 Å². The fourth-order valence-electron chi connectivity index (χ4n) is 3.78. The van der Waals surface area contributed by atoms with Gasteiger partial charge in [0.1, 0.15) is 11.6 Å². The van der Waals surface area contributed by atoms with E-state index in [0.717, 1.165) is 50.3 Å². The lowest BCUT2D eigenvalue weighted by atomic mass is 10.2. The van der Waals surface area contributed by atoms with Gasteiger partial charge in [0.2, 0.25) is 0 Å². The van der Waals surface area contributed by atoms with Gasteiger partial charge in [-0.05, 0) is 37.8 Å². The predicted molar refractivity (Wildman–Crippen MR) is 91.7 cm³/mol. The van der Waals surface area contributed by atoms with Crippen LogP contribution in [0.15, 0.2) is 24.3 Å². The van der Waals surface area contributed by atoms with Crippen molar-refractivity contribution in [3.63, 3.8) is 0 Å². The van der Waals surface area contributed by atoms with Gasteiger partial charge in [-0.1, -0.05) is 18.6 Å². The number of urea groups is 1. The molecule has 0 radical (unpaired) electrons. The summed E-state index contributed by atoms with van der Waals surface area (Å²) in [5, 5.41) is 11.4. The second kappa shape index (κ2) is 6.82. The summed E-state index contributed by atoms with van der Waals surface area (Å²) in [6.07, 6.45) is 6.18.